The Morgan fingerprint density at radius 2 is 2.15 bits per heavy atom. The van der Waals surface area contributed by atoms with Crippen molar-refractivity contribution < 1.29 is 0 Å². The van der Waals surface area contributed by atoms with Gasteiger partial charge in [-0.25, -0.2) is 9.97 Å². The molecular formula is C13H11BrClN3S2. The molecule has 104 valence electrons. The van der Waals surface area contributed by atoms with Gasteiger partial charge in [-0.05, 0) is 59.1 Å². The van der Waals surface area contributed by atoms with E-state index in [0.717, 1.165) is 32.8 Å². The van der Waals surface area contributed by atoms with Gasteiger partial charge in [-0.1, -0.05) is 0 Å². The summed E-state index contributed by atoms with van der Waals surface area (Å²) in [5.74, 6) is 0.819. The Hall–Kier alpha value is -0.690. The fourth-order valence-electron chi connectivity index (χ4n) is 1.94. The lowest BCUT2D eigenvalue weighted by Crippen LogP contribution is -2.06. The molecule has 20 heavy (non-hydrogen) atoms. The number of halogens is 2. The molecule has 0 aliphatic carbocycles. The van der Waals surface area contributed by atoms with E-state index in [1.165, 1.54) is 9.75 Å². The number of nitrogens with zero attached hydrogens (tertiary/aromatic N) is 2. The van der Waals surface area contributed by atoms with Crippen LogP contribution in [-0.2, 0) is 6.42 Å². The van der Waals surface area contributed by atoms with Crippen molar-refractivity contribution in [2.45, 2.75) is 13.3 Å². The normalized spacial score (nSPS) is 11.2. The summed E-state index contributed by atoms with van der Waals surface area (Å²) >= 11 is 12.8. The third kappa shape index (κ3) is 3.14. The zero-order valence-electron chi connectivity index (χ0n) is 10.6. The summed E-state index contributed by atoms with van der Waals surface area (Å²) < 4.78 is 1.16. The second kappa shape index (κ2) is 5.97. The molecular weight excluding hydrogens is 378 g/mol. The Balaban J connectivity index is 1.76. The fraction of sp³-hybridized carbons (Fsp3) is 0.231. The number of nitrogens with one attached hydrogen (secondary N) is 1. The van der Waals surface area contributed by atoms with E-state index in [1.807, 2.05) is 0 Å². The van der Waals surface area contributed by atoms with E-state index in [9.17, 15) is 0 Å². The first-order chi connectivity index (χ1) is 9.61. The summed E-state index contributed by atoms with van der Waals surface area (Å²) in [6, 6.07) is 6.30. The van der Waals surface area contributed by atoms with Crippen LogP contribution in [0.2, 0.25) is 5.28 Å². The molecule has 7 heteroatoms. The van der Waals surface area contributed by atoms with Gasteiger partial charge < -0.3 is 5.32 Å². The van der Waals surface area contributed by atoms with Crippen LogP contribution < -0.4 is 5.32 Å². The summed E-state index contributed by atoms with van der Waals surface area (Å²) in [5.41, 5.74) is 0. The zero-order chi connectivity index (χ0) is 14.1. The molecule has 0 fully saturated rings. The number of aromatic nitrogens is 2. The average molecular weight is 389 g/mol. The monoisotopic (exact) mass is 387 g/mol. The molecule has 0 radical (unpaired) electrons. The van der Waals surface area contributed by atoms with Crippen LogP contribution in [-0.4, -0.2) is 16.5 Å². The Kier molecular flexibility index (Phi) is 4.26. The highest BCUT2D eigenvalue weighted by Gasteiger charge is 2.09. The minimum Gasteiger partial charge on any atom is -0.369 e. The Morgan fingerprint density at radius 3 is 2.90 bits per heavy atom. The number of fused-ring (bicyclic) bond motifs is 1. The van der Waals surface area contributed by atoms with Crippen LogP contribution in [0.25, 0.3) is 10.2 Å². The van der Waals surface area contributed by atoms with Crippen molar-refractivity contribution in [3.05, 3.63) is 37.0 Å². The van der Waals surface area contributed by atoms with E-state index >= 15 is 0 Å². The summed E-state index contributed by atoms with van der Waals surface area (Å²) in [4.78, 5) is 12.0. The Morgan fingerprint density at radius 1 is 1.30 bits per heavy atom. The molecule has 0 amide bonds. The van der Waals surface area contributed by atoms with E-state index in [1.54, 1.807) is 22.7 Å². The lowest BCUT2D eigenvalue weighted by molar-refractivity contribution is 1.03. The molecule has 0 saturated heterocycles. The second-order valence-electron chi connectivity index (χ2n) is 4.30. The van der Waals surface area contributed by atoms with Gasteiger partial charge in [-0.15, -0.1) is 22.7 Å². The van der Waals surface area contributed by atoms with Crippen molar-refractivity contribution >= 4 is 66.2 Å². The van der Waals surface area contributed by atoms with Crippen molar-refractivity contribution in [1.29, 1.82) is 0 Å². The molecule has 0 bridgehead atoms. The van der Waals surface area contributed by atoms with E-state index in [-0.39, 0.29) is 0 Å². The van der Waals surface area contributed by atoms with Crippen molar-refractivity contribution in [1.82, 2.24) is 9.97 Å². The first kappa shape index (κ1) is 14.3. The molecule has 1 N–H and O–H groups in total. The van der Waals surface area contributed by atoms with E-state index in [4.69, 9.17) is 11.6 Å². The predicted molar refractivity (Wildman–Crippen MR) is 91.4 cm³/mol. The molecule has 0 aromatic carbocycles. The van der Waals surface area contributed by atoms with Gasteiger partial charge in [0, 0.05) is 16.3 Å². The number of thiophene rings is 2. The number of anilines is 1. The van der Waals surface area contributed by atoms with Crippen LogP contribution in [0.5, 0.6) is 0 Å². The predicted octanol–water partition coefficient (Wildman–Crippen LogP) is 5.13. The molecule has 0 aliphatic heterocycles. The van der Waals surface area contributed by atoms with Gasteiger partial charge in [0.2, 0.25) is 5.28 Å². The van der Waals surface area contributed by atoms with Crippen molar-refractivity contribution in [3.8, 4) is 0 Å². The third-order valence-electron chi connectivity index (χ3n) is 2.78. The molecule has 3 heterocycles. The minimum atomic E-state index is 0.292. The van der Waals surface area contributed by atoms with E-state index in [2.05, 4.69) is 56.3 Å². The maximum absolute atomic E-state index is 5.97. The largest absolute Gasteiger partial charge is 0.369 e. The lowest BCUT2D eigenvalue weighted by atomic mass is 10.3. The zero-order valence-corrected chi connectivity index (χ0v) is 14.6. The van der Waals surface area contributed by atoms with Gasteiger partial charge in [0.05, 0.1) is 9.17 Å². The highest BCUT2D eigenvalue weighted by atomic mass is 79.9. The SMILES string of the molecule is Cc1cc2c(NCCc3ccc(Br)s3)nc(Cl)nc2s1. The molecule has 0 atom stereocenters. The van der Waals surface area contributed by atoms with E-state index < -0.39 is 0 Å². The van der Waals surface area contributed by atoms with Crippen LogP contribution in [0.1, 0.15) is 9.75 Å². The average Bonchev–Trinajstić information content (AvgIpc) is 2.94. The standard InChI is InChI=1S/C13H11BrClN3S2/c1-7-6-9-11(17-13(15)18-12(9)19-7)16-5-4-8-2-3-10(14)20-8/h2-3,6H,4-5H2,1H3,(H,16,17,18). The molecule has 0 spiro atoms. The fourth-order valence-corrected chi connectivity index (χ4v) is 4.52. The molecule has 3 rings (SSSR count). The Labute approximate surface area is 138 Å². The minimum absolute atomic E-state index is 0.292. The van der Waals surface area contributed by atoms with Gasteiger partial charge in [-0.3, -0.25) is 0 Å². The maximum atomic E-state index is 5.97. The van der Waals surface area contributed by atoms with Crippen LogP contribution >= 0.6 is 50.2 Å². The van der Waals surface area contributed by atoms with Crippen molar-refractivity contribution in [3.63, 3.8) is 0 Å². The van der Waals surface area contributed by atoms with Gasteiger partial charge in [-0.2, -0.15) is 0 Å². The van der Waals surface area contributed by atoms with Crippen LogP contribution in [0.4, 0.5) is 5.82 Å². The number of hydrogen-bond acceptors (Lipinski definition) is 5. The number of rotatable bonds is 4. The van der Waals surface area contributed by atoms with Gasteiger partial charge >= 0.3 is 0 Å². The summed E-state index contributed by atoms with van der Waals surface area (Å²) in [6.45, 7) is 2.89. The second-order valence-corrected chi connectivity index (χ2v) is 8.42. The van der Waals surface area contributed by atoms with Crippen LogP contribution in [0.3, 0.4) is 0 Å². The van der Waals surface area contributed by atoms with Crippen molar-refractivity contribution in [2.75, 3.05) is 11.9 Å². The number of hydrogen-bond donors (Lipinski definition) is 1. The summed E-state index contributed by atoms with van der Waals surface area (Å²) in [6.07, 6.45) is 0.961. The first-order valence-corrected chi connectivity index (χ1v) is 8.84. The molecule has 0 aliphatic rings. The molecule has 3 aromatic heterocycles. The summed E-state index contributed by atoms with van der Waals surface area (Å²) in [7, 11) is 0. The number of aryl methyl sites for hydroxylation is 1. The molecule has 0 saturated carbocycles. The van der Waals surface area contributed by atoms with Gasteiger partial charge in [0.15, 0.2) is 0 Å². The maximum Gasteiger partial charge on any atom is 0.225 e. The molecule has 3 nitrogen and oxygen atoms in total. The topological polar surface area (TPSA) is 37.8 Å². The van der Waals surface area contributed by atoms with Crippen LogP contribution in [0.15, 0.2) is 22.0 Å². The lowest BCUT2D eigenvalue weighted by Gasteiger charge is -2.06. The molecule has 3 aromatic rings. The quantitative estimate of drug-likeness (QED) is 0.629. The highest BCUT2D eigenvalue weighted by Crippen LogP contribution is 2.29. The smallest absolute Gasteiger partial charge is 0.225 e. The van der Waals surface area contributed by atoms with Gasteiger partial charge in [0.1, 0.15) is 10.6 Å². The van der Waals surface area contributed by atoms with E-state index in [0.29, 0.717) is 5.28 Å². The first-order valence-electron chi connectivity index (χ1n) is 6.03. The summed E-state index contributed by atoms with van der Waals surface area (Å²) in [5, 5.41) is 4.70. The molecule has 0 unspecified atom stereocenters. The van der Waals surface area contributed by atoms with Crippen LogP contribution in [0, 0.1) is 6.92 Å². The highest BCUT2D eigenvalue weighted by molar-refractivity contribution is 9.11. The Bertz CT molecular complexity index is 753. The van der Waals surface area contributed by atoms with Gasteiger partial charge in [0.25, 0.3) is 0 Å². The third-order valence-corrected chi connectivity index (χ3v) is 5.58. The van der Waals surface area contributed by atoms with Crippen molar-refractivity contribution in [2.24, 2.45) is 0 Å².